The maximum atomic E-state index is 12.9. The van der Waals surface area contributed by atoms with Gasteiger partial charge in [-0.2, -0.15) is 0 Å². The van der Waals surface area contributed by atoms with Crippen LogP contribution in [0.2, 0.25) is 0 Å². The fraction of sp³-hybridized carbons (Fsp3) is 0.250. The van der Waals surface area contributed by atoms with E-state index in [1.54, 1.807) is 23.5 Å². The van der Waals surface area contributed by atoms with Gasteiger partial charge in [0, 0.05) is 23.7 Å². The smallest absolute Gasteiger partial charge is 0.123 e. The molecule has 3 aromatic rings. The lowest BCUT2D eigenvalue weighted by Crippen LogP contribution is -2.17. The van der Waals surface area contributed by atoms with Crippen LogP contribution in [0.25, 0.3) is 0 Å². The number of rotatable bonds is 7. The van der Waals surface area contributed by atoms with E-state index in [1.165, 1.54) is 22.6 Å². The Morgan fingerprint density at radius 3 is 2.48 bits per heavy atom. The van der Waals surface area contributed by atoms with E-state index in [0.717, 1.165) is 22.9 Å². The van der Waals surface area contributed by atoms with Gasteiger partial charge in [-0.1, -0.05) is 24.3 Å². The lowest BCUT2D eigenvalue weighted by molar-refractivity contribution is 0.306. The molecule has 5 heteroatoms. The molecule has 3 nitrogen and oxygen atoms in total. The van der Waals surface area contributed by atoms with E-state index in [2.05, 4.69) is 29.4 Å². The molecule has 0 amide bonds. The van der Waals surface area contributed by atoms with Crippen molar-refractivity contribution in [3.05, 3.63) is 81.6 Å². The molecule has 0 aliphatic rings. The molecule has 0 spiro atoms. The normalized spacial score (nSPS) is 12.1. The van der Waals surface area contributed by atoms with Crippen molar-refractivity contribution in [3.8, 4) is 5.75 Å². The van der Waals surface area contributed by atoms with Gasteiger partial charge in [0.15, 0.2) is 0 Å². The van der Waals surface area contributed by atoms with E-state index in [1.807, 2.05) is 25.3 Å². The van der Waals surface area contributed by atoms with Crippen molar-refractivity contribution in [2.75, 3.05) is 0 Å². The summed E-state index contributed by atoms with van der Waals surface area (Å²) in [5.74, 6) is 0.571. The van der Waals surface area contributed by atoms with Crippen LogP contribution >= 0.6 is 11.3 Å². The van der Waals surface area contributed by atoms with Gasteiger partial charge >= 0.3 is 0 Å². The Kier molecular flexibility index (Phi) is 5.79. The molecular weight excluding hydrogens is 335 g/mol. The zero-order chi connectivity index (χ0) is 17.6. The van der Waals surface area contributed by atoms with Crippen molar-refractivity contribution in [2.45, 2.75) is 33.0 Å². The van der Waals surface area contributed by atoms with Gasteiger partial charge in [-0.3, -0.25) is 0 Å². The lowest BCUT2D eigenvalue weighted by atomic mass is 10.1. The summed E-state index contributed by atoms with van der Waals surface area (Å²) >= 11 is 1.72. The second-order valence-electron chi connectivity index (χ2n) is 5.93. The number of aromatic nitrogens is 1. The molecule has 0 aliphatic heterocycles. The summed E-state index contributed by atoms with van der Waals surface area (Å²) < 4.78 is 18.6. The Labute approximate surface area is 151 Å². The van der Waals surface area contributed by atoms with E-state index in [-0.39, 0.29) is 11.9 Å². The average molecular weight is 356 g/mol. The number of ether oxygens (including phenoxy) is 1. The standard InChI is InChI=1S/C20H21FN2OS/c1-14(22-11-20-12-23-15(2)25-20)17-5-9-19(10-6-17)24-13-16-3-7-18(21)8-4-16/h3-10,12,14,22H,11,13H2,1-2H3. The predicted octanol–water partition coefficient (Wildman–Crippen LogP) is 5.02. The highest BCUT2D eigenvalue weighted by molar-refractivity contribution is 7.11. The van der Waals surface area contributed by atoms with Crippen LogP contribution in [0.5, 0.6) is 5.75 Å². The van der Waals surface area contributed by atoms with Crippen LogP contribution in [0.15, 0.2) is 54.7 Å². The molecule has 0 saturated heterocycles. The van der Waals surface area contributed by atoms with E-state index < -0.39 is 0 Å². The predicted molar refractivity (Wildman–Crippen MR) is 99.3 cm³/mol. The number of aryl methyl sites for hydroxylation is 1. The number of hydrogen-bond acceptors (Lipinski definition) is 4. The van der Waals surface area contributed by atoms with Gasteiger partial charge < -0.3 is 10.1 Å². The van der Waals surface area contributed by atoms with E-state index in [0.29, 0.717) is 6.61 Å². The van der Waals surface area contributed by atoms with Gasteiger partial charge in [-0.05, 0) is 49.2 Å². The van der Waals surface area contributed by atoms with Crippen molar-refractivity contribution < 1.29 is 9.13 Å². The first kappa shape index (κ1) is 17.6. The SMILES string of the molecule is Cc1ncc(CNC(C)c2ccc(OCc3ccc(F)cc3)cc2)s1. The third kappa shape index (κ3) is 5.11. The minimum atomic E-state index is -0.233. The third-order valence-corrected chi connectivity index (χ3v) is 4.86. The Hall–Kier alpha value is -2.24. The maximum absolute atomic E-state index is 12.9. The maximum Gasteiger partial charge on any atom is 0.123 e. The summed E-state index contributed by atoms with van der Waals surface area (Å²) in [6.45, 7) is 5.40. The molecule has 1 unspecified atom stereocenters. The molecule has 0 aliphatic carbocycles. The number of benzene rings is 2. The van der Waals surface area contributed by atoms with E-state index in [4.69, 9.17) is 4.74 Å². The van der Waals surface area contributed by atoms with Crippen LogP contribution in [-0.4, -0.2) is 4.98 Å². The summed E-state index contributed by atoms with van der Waals surface area (Å²) in [4.78, 5) is 5.51. The van der Waals surface area contributed by atoms with Gasteiger partial charge in [-0.25, -0.2) is 9.37 Å². The van der Waals surface area contributed by atoms with Crippen molar-refractivity contribution in [1.29, 1.82) is 0 Å². The highest BCUT2D eigenvalue weighted by atomic mass is 32.1. The number of halogens is 1. The Balaban J connectivity index is 1.51. The van der Waals surface area contributed by atoms with Crippen LogP contribution in [0.3, 0.4) is 0 Å². The fourth-order valence-corrected chi connectivity index (χ4v) is 3.20. The molecule has 1 aromatic heterocycles. The minimum Gasteiger partial charge on any atom is -0.489 e. The molecule has 1 atom stereocenters. The van der Waals surface area contributed by atoms with E-state index in [9.17, 15) is 4.39 Å². The second-order valence-corrected chi connectivity index (χ2v) is 7.25. The molecule has 130 valence electrons. The summed E-state index contributed by atoms with van der Waals surface area (Å²) in [6.07, 6.45) is 1.92. The summed E-state index contributed by atoms with van der Waals surface area (Å²) in [5.41, 5.74) is 2.15. The molecule has 1 heterocycles. The first-order valence-corrected chi connectivity index (χ1v) is 9.04. The monoisotopic (exact) mass is 356 g/mol. The van der Waals surface area contributed by atoms with Gasteiger partial charge in [-0.15, -0.1) is 11.3 Å². The highest BCUT2D eigenvalue weighted by Gasteiger charge is 2.06. The number of nitrogens with zero attached hydrogens (tertiary/aromatic N) is 1. The number of thiazole rings is 1. The first-order chi connectivity index (χ1) is 12.1. The Morgan fingerprint density at radius 2 is 1.84 bits per heavy atom. The lowest BCUT2D eigenvalue weighted by Gasteiger charge is -2.14. The minimum absolute atomic E-state index is 0.233. The molecular formula is C20H21FN2OS. The molecule has 0 bridgehead atoms. The summed E-state index contributed by atoms with van der Waals surface area (Å²) in [7, 11) is 0. The summed E-state index contributed by atoms with van der Waals surface area (Å²) in [5, 5.41) is 4.60. The van der Waals surface area contributed by atoms with Crippen LogP contribution in [0.1, 0.15) is 34.0 Å². The molecule has 2 aromatic carbocycles. The molecule has 0 fully saturated rings. The van der Waals surface area contributed by atoms with Crippen LogP contribution in [0, 0.1) is 12.7 Å². The van der Waals surface area contributed by atoms with Gasteiger partial charge in [0.05, 0.1) is 5.01 Å². The molecule has 0 radical (unpaired) electrons. The quantitative estimate of drug-likeness (QED) is 0.645. The highest BCUT2D eigenvalue weighted by Crippen LogP contribution is 2.20. The van der Waals surface area contributed by atoms with Crippen LogP contribution < -0.4 is 10.1 Å². The van der Waals surface area contributed by atoms with Crippen LogP contribution in [0.4, 0.5) is 4.39 Å². The third-order valence-electron chi connectivity index (χ3n) is 3.95. The number of hydrogen-bond donors (Lipinski definition) is 1. The van der Waals surface area contributed by atoms with Gasteiger partial charge in [0.1, 0.15) is 18.2 Å². The molecule has 3 rings (SSSR count). The van der Waals surface area contributed by atoms with Crippen molar-refractivity contribution in [3.63, 3.8) is 0 Å². The number of nitrogens with one attached hydrogen (secondary N) is 1. The van der Waals surface area contributed by atoms with Crippen LogP contribution in [-0.2, 0) is 13.2 Å². The second kappa shape index (κ2) is 8.23. The van der Waals surface area contributed by atoms with Gasteiger partial charge in [0.25, 0.3) is 0 Å². The molecule has 0 saturated carbocycles. The van der Waals surface area contributed by atoms with E-state index >= 15 is 0 Å². The fourth-order valence-electron chi connectivity index (χ4n) is 2.46. The topological polar surface area (TPSA) is 34.2 Å². The average Bonchev–Trinajstić information content (AvgIpc) is 3.05. The van der Waals surface area contributed by atoms with Crippen molar-refractivity contribution in [1.82, 2.24) is 10.3 Å². The first-order valence-electron chi connectivity index (χ1n) is 8.22. The zero-order valence-corrected chi connectivity index (χ0v) is 15.1. The van der Waals surface area contributed by atoms with Gasteiger partial charge in [0.2, 0.25) is 0 Å². The van der Waals surface area contributed by atoms with Crippen molar-refractivity contribution in [2.24, 2.45) is 0 Å². The molecule has 1 N–H and O–H groups in total. The van der Waals surface area contributed by atoms with Crippen molar-refractivity contribution >= 4 is 11.3 Å². The molecule has 25 heavy (non-hydrogen) atoms. The summed E-state index contributed by atoms with van der Waals surface area (Å²) in [6, 6.07) is 14.7. The zero-order valence-electron chi connectivity index (χ0n) is 14.3. The Morgan fingerprint density at radius 1 is 1.12 bits per heavy atom. The Bertz CT molecular complexity index is 799. The largest absolute Gasteiger partial charge is 0.489 e.